The first-order valence-electron chi connectivity index (χ1n) is 7.54. The second-order valence-corrected chi connectivity index (χ2v) is 5.81. The van der Waals surface area contributed by atoms with Crippen molar-refractivity contribution < 1.29 is 14.7 Å². The third kappa shape index (κ3) is 2.73. The Hall–Kier alpha value is -2.04. The van der Waals surface area contributed by atoms with E-state index in [4.69, 9.17) is 0 Å². The summed E-state index contributed by atoms with van der Waals surface area (Å²) in [6.45, 7) is 1.81. The highest BCUT2D eigenvalue weighted by atomic mass is 16.4. The fourth-order valence-electron chi connectivity index (χ4n) is 3.20. The molecule has 0 aliphatic carbocycles. The number of aliphatic carboxylic acids is 1. The summed E-state index contributed by atoms with van der Waals surface area (Å²) in [6.07, 6.45) is 3.72. The van der Waals surface area contributed by atoms with Gasteiger partial charge in [0.15, 0.2) is 0 Å². The molecule has 2 aliphatic rings. The summed E-state index contributed by atoms with van der Waals surface area (Å²) in [5.41, 5.74) is 1.81. The molecule has 1 fully saturated rings. The molecule has 1 aromatic rings. The van der Waals surface area contributed by atoms with Crippen LogP contribution in [0.1, 0.15) is 24.8 Å². The largest absolute Gasteiger partial charge is 0.481 e. The zero-order valence-corrected chi connectivity index (χ0v) is 12.0. The number of carboxylic acid groups (broad SMARTS) is 1. The number of carboxylic acids is 1. The highest BCUT2D eigenvalue weighted by molar-refractivity contribution is 5.94. The zero-order chi connectivity index (χ0) is 14.8. The Labute approximate surface area is 124 Å². The van der Waals surface area contributed by atoms with Crippen molar-refractivity contribution in [2.45, 2.75) is 25.7 Å². The molecule has 1 aromatic carbocycles. The number of carbonyl (C=O) groups excluding carboxylic acids is 1. The lowest BCUT2D eigenvalue weighted by Crippen LogP contribution is -2.50. The van der Waals surface area contributed by atoms with Crippen LogP contribution in [0.5, 0.6) is 0 Å². The molecule has 1 N–H and O–H groups in total. The monoisotopic (exact) mass is 288 g/mol. The first kappa shape index (κ1) is 13.9. The van der Waals surface area contributed by atoms with Crippen LogP contribution in [0.4, 0.5) is 10.5 Å². The van der Waals surface area contributed by atoms with Crippen LogP contribution in [0.25, 0.3) is 0 Å². The van der Waals surface area contributed by atoms with Crippen LogP contribution in [0.2, 0.25) is 0 Å². The quantitative estimate of drug-likeness (QED) is 0.863. The standard InChI is InChI=1S/C16H20N2O3/c19-15(20)13-10-12-6-2-3-7-14(12)18(11-13)16(21)17-8-4-1-5-9-17/h2-3,6-7,13H,1,4-5,8-11H2,(H,19,20). The number of likely N-dealkylation sites (tertiary alicyclic amines) is 1. The summed E-state index contributed by atoms with van der Waals surface area (Å²) < 4.78 is 0. The first-order chi connectivity index (χ1) is 10.2. The van der Waals surface area contributed by atoms with E-state index in [1.54, 1.807) is 4.90 Å². The molecule has 1 atom stereocenters. The number of carbonyl (C=O) groups is 2. The molecule has 5 heteroatoms. The van der Waals surface area contributed by atoms with E-state index in [-0.39, 0.29) is 12.6 Å². The molecule has 0 aromatic heterocycles. The number of anilines is 1. The van der Waals surface area contributed by atoms with E-state index in [0.717, 1.165) is 43.6 Å². The van der Waals surface area contributed by atoms with E-state index in [1.807, 2.05) is 29.2 Å². The van der Waals surface area contributed by atoms with Gasteiger partial charge in [-0.25, -0.2) is 4.79 Å². The lowest BCUT2D eigenvalue weighted by Gasteiger charge is -2.37. The molecule has 0 spiro atoms. The second-order valence-electron chi connectivity index (χ2n) is 5.81. The van der Waals surface area contributed by atoms with E-state index in [1.165, 1.54) is 0 Å². The summed E-state index contributed by atoms with van der Waals surface area (Å²) in [5.74, 6) is -1.35. The number of benzene rings is 1. The van der Waals surface area contributed by atoms with Crippen molar-refractivity contribution in [3.63, 3.8) is 0 Å². The predicted octanol–water partition coefficient (Wildman–Crippen LogP) is 2.36. The molecule has 1 saturated heterocycles. The van der Waals surface area contributed by atoms with E-state index >= 15 is 0 Å². The summed E-state index contributed by atoms with van der Waals surface area (Å²) in [5, 5.41) is 9.32. The number of rotatable bonds is 1. The normalized spacial score (nSPS) is 21.8. The SMILES string of the molecule is O=C(O)C1Cc2ccccc2N(C(=O)N2CCCCC2)C1. The lowest BCUT2D eigenvalue weighted by atomic mass is 9.92. The van der Waals surface area contributed by atoms with Gasteiger partial charge in [0.1, 0.15) is 0 Å². The Balaban J connectivity index is 1.88. The van der Waals surface area contributed by atoms with Gasteiger partial charge in [0.25, 0.3) is 0 Å². The van der Waals surface area contributed by atoms with Gasteiger partial charge in [0.2, 0.25) is 0 Å². The summed E-state index contributed by atoms with van der Waals surface area (Å²) >= 11 is 0. The topological polar surface area (TPSA) is 60.9 Å². The van der Waals surface area contributed by atoms with Crippen LogP contribution in [0.15, 0.2) is 24.3 Å². The van der Waals surface area contributed by atoms with Crippen LogP contribution >= 0.6 is 0 Å². The Kier molecular flexibility index (Phi) is 3.82. The van der Waals surface area contributed by atoms with Crippen LogP contribution in [0, 0.1) is 5.92 Å². The zero-order valence-electron chi connectivity index (χ0n) is 12.0. The maximum atomic E-state index is 12.7. The number of hydrogen-bond donors (Lipinski definition) is 1. The maximum absolute atomic E-state index is 12.7. The third-order valence-electron chi connectivity index (χ3n) is 4.36. The molecule has 5 nitrogen and oxygen atoms in total. The molecule has 21 heavy (non-hydrogen) atoms. The molecular formula is C16H20N2O3. The van der Waals surface area contributed by atoms with Crippen LogP contribution < -0.4 is 4.90 Å². The van der Waals surface area contributed by atoms with Crippen LogP contribution in [-0.2, 0) is 11.2 Å². The van der Waals surface area contributed by atoms with Crippen LogP contribution in [-0.4, -0.2) is 41.6 Å². The van der Waals surface area contributed by atoms with Gasteiger partial charge in [-0.15, -0.1) is 0 Å². The van der Waals surface area contributed by atoms with Gasteiger partial charge in [-0.1, -0.05) is 18.2 Å². The van der Waals surface area contributed by atoms with Gasteiger partial charge in [-0.05, 0) is 37.3 Å². The fraction of sp³-hybridized carbons (Fsp3) is 0.500. The summed E-state index contributed by atoms with van der Waals surface area (Å²) in [7, 11) is 0. The Morgan fingerprint density at radius 1 is 1.10 bits per heavy atom. The molecule has 0 bridgehead atoms. The van der Waals surface area contributed by atoms with E-state index in [9.17, 15) is 14.7 Å². The van der Waals surface area contributed by atoms with Crippen molar-refractivity contribution in [1.82, 2.24) is 4.90 Å². The van der Waals surface area contributed by atoms with Gasteiger partial charge in [0, 0.05) is 25.3 Å². The average Bonchev–Trinajstić information content (AvgIpc) is 2.54. The number of para-hydroxylation sites is 1. The second kappa shape index (κ2) is 5.76. The van der Waals surface area contributed by atoms with E-state index < -0.39 is 11.9 Å². The molecule has 2 amide bonds. The molecule has 2 heterocycles. The third-order valence-corrected chi connectivity index (χ3v) is 4.36. The van der Waals surface area contributed by atoms with Crippen LogP contribution in [0.3, 0.4) is 0 Å². The molecular weight excluding hydrogens is 268 g/mol. The highest BCUT2D eigenvalue weighted by Gasteiger charge is 2.34. The maximum Gasteiger partial charge on any atom is 0.324 e. The van der Waals surface area contributed by atoms with Crippen molar-refractivity contribution in [2.75, 3.05) is 24.5 Å². The molecule has 3 rings (SSSR count). The van der Waals surface area contributed by atoms with Gasteiger partial charge >= 0.3 is 12.0 Å². The minimum Gasteiger partial charge on any atom is -0.481 e. The van der Waals surface area contributed by atoms with Crippen molar-refractivity contribution >= 4 is 17.7 Å². The number of fused-ring (bicyclic) bond motifs is 1. The highest BCUT2D eigenvalue weighted by Crippen LogP contribution is 2.31. The van der Waals surface area contributed by atoms with Gasteiger partial charge in [-0.3, -0.25) is 9.69 Å². The molecule has 112 valence electrons. The molecule has 1 unspecified atom stereocenters. The lowest BCUT2D eigenvalue weighted by molar-refractivity contribution is -0.141. The molecule has 0 saturated carbocycles. The van der Waals surface area contributed by atoms with E-state index in [2.05, 4.69) is 0 Å². The van der Waals surface area contributed by atoms with Crippen molar-refractivity contribution in [1.29, 1.82) is 0 Å². The number of urea groups is 1. The van der Waals surface area contributed by atoms with Crippen molar-refractivity contribution in [3.05, 3.63) is 29.8 Å². The Morgan fingerprint density at radius 3 is 2.52 bits per heavy atom. The first-order valence-corrected chi connectivity index (χ1v) is 7.54. The number of nitrogens with zero attached hydrogens (tertiary/aromatic N) is 2. The summed E-state index contributed by atoms with van der Waals surface area (Å²) in [6, 6.07) is 7.58. The van der Waals surface area contributed by atoms with Gasteiger partial charge < -0.3 is 10.0 Å². The molecule has 2 aliphatic heterocycles. The number of piperidine rings is 1. The van der Waals surface area contributed by atoms with Crippen molar-refractivity contribution in [3.8, 4) is 0 Å². The van der Waals surface area contributed by atoms with E-state index in [0.29, 0.717) is 6.42 Å². The smallest absolute Gasteiger partial charge is 0.324 e. The number of amides is 2. The Bertz CT molecular complexity index is 552. The van der Waals surface area contributed by atoms with Gasteiger partial charge in [0.05, 0.1) is 5.92 Å². The molecule has 0 radical (unpaired) electrons. The minimum absolute atomic E-state index is 0.0481. The Morgan fingerprint density at radius 2 is 1.81 bits per heavy atom. The fourth-order valence-corrected chi connectivity index (χ4v) is 3.20. The van der Waals surface area contributed by atoms with Gasteiger partial charge in [-0.2, -0.15) is 0 Å². The van der Waals surface area contributed by atoms with Crippen molar-refractivity contribution in [2.24, 2.45) is 5.92 Å². The predicted molar refractivity (Wildman–Crippen MR) is 79.4 cm³/mol. The summed E-state index contributed by atoms with van der Waals surface area (Å²) in [4.78, 5) is 27.6. The average molecular weight is 288 g/mol. The number of hydrogen-bond acceptors (Lipinski definition) is 2. The minimum atomic E-state index is -0.832.